The molecule has 65 heavy (non-hydrogen) atoms. The number of hydrogen-bond acceptors (Lipinski definition) is 15. The number of carbonyl (C=O) groups excluding carboxylic acids is 1. The van der Waals surface area contributed by atoms with Crippen molar-refractivity contribution in [2.45, 2.75) is 185 Å². The summed E-state index contributed by atoms with van der Waals surface area (Å²) >= 11 is 0. The molecule has 7 rings (SSSR count). The molecule has 1 aliphatic carbocycles. The Morgan fingerprint density at radius 3 is 2.46 bits per heavy atom. The lowest BCUT2D eigenvalue weighted by atomic mass is 9.71. The van der Waals surface area contributed by atoms with E-state index in [1.54, 1.807) is 39.4 Å². The van der Waals surface area contributed by atoms with E-state index in [4.69, 9.17) is 52.6 Å². The van der Waals surface area contributed by atoms with Gasteiger partial charge in [-0.3, -0.25) is 4.79 Å². The number of ether oxygens (including phenoxy) is 10. The van der Waals surface area contributed by atoms with Gasteiger partial charge in [0.1, 0.15) is 35.9 Å². The molecule has 3 N–H and O–H groups in total. The fourth-order valence-electron chi connectivity index (χ4n) is 10.8. The van der Waals surface area contributed by atoms with Crippen molar-refractivity contribution in [3.8, 4) is 0 Å². The molecule has 362 valence electrons. The van der Waals surface area contributed by atoms with Crippen molar-refractivity contribution >= 4 is 12.2 Å². The van der Waals surface area contributed by atoms with Gasteiger partial charge in [-0.2, -0.15) is 0 Å². The van der Waals surface area contributed by atoms with E-state index in [2.05, 4.69) is 45.0 Å². The van der Waals surface area contributed by atoms with Crippen LogP contribution in [0.1, 0.15) is 93.9 Å². The number of rotatable bonds is 9. The molecule has 0 aromatic carbocycles. The number of aliphatic hydroxyl groups is 2. The average molecular weight is 912 g/mol. The smallest absolute Gasteiger partial charge is 0.316 e. The number of oxime groups is 1. The SMILES string of the molecule is CCC(C)C1OC2(C=CC1C)CC1CC(C/C=C(\C)C(OC3CC(OC)C(OC4CC(OC)/C(=C/C=N/O)C(C)O4)C(C)O3)C(C)/C=C/C=C3\COC4C(O)C(C)=CC(C(=O)O1)C34O)O2. The van der Waals surface area contributed by atoms with Crippen LogP contribution in [0.4, 0.5) is 0 Å². The van der Waals surface area contributed by atoms with Crippen molar-refractivity contribution in [1.29, 1.82) is 0 Å². The molecular weight excluding hydrogens is 839 g/mol. The number of esters is 1. The van der Waals surface area contributed by atoms with Gasteiger partial charge >= 0.3 is 5.97 Å². The summed E-state index contributed by atoms with van der Waals surface area (Å²) in [5.41, 5.74) is 0.961. The Morgan fingerprint density at radius 1 is 0.969 bits per heavy atom. The second kappa shape index (κ2) is 21.1. The second-order valence-electron chi connectivity index (χ2n) is 19.3. The highest BCUT2D eigenvalue weighted by molar-refractivity contribution is 5.78. The highest BCUT2D eigenvalue weighted by Crippen LogP contribution is 2.47. The number of aliphatic hydroxyl groups excluding tert-OH is 1. The van der Waals surface area contributed by atoms with Gasteiger partial charge in [0, 0.05) is 51.7 Å². The molecule has 4 fully saturated rings. The Morgan fingerprint density at radius 2 is 1.74 bits per heavy atom. The first kappa shape index (κ1) is 49.8. The van der Waals surface area contributed by atoms with Gasteiger partial charge in [-0.15, -0.1) is 0 Å². The summed E-state index contributed by atoms with van der Waals surface area (Å²) in [6, 6.07) is 0. The molecule has 0 radical (unpaired) electrons. The van der Waals surface area contributed by atoms with Crippen LogP contribution in [0.5, 0.6) is 0 Å². The van der Waals surface area contributed by atoms with Gasteiger partial charge in [0.25, 0.3) is 0 Å². The van der Waals surface area contributed by atoms with E-state index >= 15 is 0 Å². The third-order valence-corrected chi connectivity index (χ3v) is 14.8. The predicted molar refractivity (Wildman–Crippen MR) is 240 cm³/mol. The maximum Gasteiger partial charge on any atom is 0.316 e. The van der Waals surface area contributed by atoms with Crippen molar-refractivity contribution in [2.75, 3.05) is 20.8 Å². The van der Waals surface area contributed by atoms with E-state index in [9.17, 15) is 15.0 Å². The van der Waals surface area contributed by atoms with Crippen molar-refractivity contribution in [3.63, 3.8) is 0 Å². The highest BCUT2D eigenvalue weighted by Gasteiger charge is 2.60. The molecule has 15 heteroatoms. The number of methoxy groups -OCH3 is 2. The van der Waals surface area contributed by atoms with Crippen LogP contribution < -0.4 is 0 Å². The zero-order valence-corrected chi connectivity index (χ0v) is 39.7. The van der Waals surface area contributed by atoms with E-state index in [1.807, 2.05) is 39.0 Å². The molecule has 0 amide bonds. The molecular formula is C50H73NO14. The lowest BCUT2D eigenvalue weighted by Gasteiger charge is -2.48. The minimum atomic E-state index is -1.84. The Hall–Kier alpha value is -3.06. The van der Waals surface area contributed by atoms with Gasteiger partial charge in [0.15, 0.2) is 18.4 Å². The van der Waals surface area contributed by atoms with E-state index in [-0.39, 0.29) is 49.1 Å². The van der Waals surface area contributed by atoms with E-state index in [1.165, 1.54) is 6.21 Å². The normalized spacial score (nSPS) is 47.0. The molecule has 4 saturated heterocycles. The van der Waals surface area contributed by atoms with Gasteiger partial charge in [0.05, 0.1) is 55.5 Å². The largest absolute Gasteiger partial charge is 0.462 e. The highest BCUT2D eigenvalue weighted by atomic mass is 16.7. The number of carbonyl (C=O) groups is 1. The second-order valence-corrected chi connectivity index (χ2v) is 19.3. The van der Waals surface area contributed by atoms with Gasteiger partial charge in [-0.05, 0) is 74.5 Å². The van der Waals surface area contributed by atoms with Crippen molar-refractivity contribution in [2.24, 2.45) is 28.8 Å². The third-order valence-electron chi connectivity index (χ3n) is 14.8. The molecule has 0 saturated carbocycles. The summed E-state index contributed by atoms with van der Waals surface area (Å²) in [6.07, 6.45) is 12.5. The van der Waals surface area contributed by atoms with Crippen molar-refractivity contribution in [1.82, 2.24) is 0 Å². The molecule has 19 atom stereocenters. The maximum atomic E-state index is 14.4. The summed E-state index contributed by atoms with van der Waals surface area (Å²) < 4.78 is 64.4. The first-order chi connectivity index (χ1) is 31.0. The zero-order valence-electron chi connectivity index (χ0n) is 39.7. The Bertz CT molecular complexity index is 1890. The van der Waals surface area contributed by atoms with Crippen LogP contribution in [0, 0.1) is 23.7 Å². The molecule has 6 aliphatic heterocycles. The number of nitrogens with zero attached hydrogens (tertiary/aromatic N) is 1. The monoisotopic (exact) mass is 912 g/mol. The quantitative estimate of drug-likeness (QED) is 0.0760. The molecule has 0 aromatic rings. The minimum Gasteiger partial charge on any atom is -0.462 e. The molecule has 6 heterocycles. The van der Waals surface area contributed by atoms with Crippen LogP contribution in [-0.2, 0) is 52.2 Å². The lowest BCUT2D eigenvalue weighted by Crippen LogP contribution is -2.58. The summed E-state index contributed by atoms with van der Waals surface area (Å²) in [6.45, 7) is 16.2. The van der Waals surface area contributed by atoms with Crippen LogP contribution in [0.25, 0.3) is 0 Å². The molecule has 2 bridgehead atoms. The Balaban J connectivity index is 1.17. The first-order valence-corrected chi connectivity index (χ1v) is 23.6. The van der Waals surface area contributed by atoms with Crippen molar-refractivity contribution < 1.29 is 67.6 Å². The van der Waals surface area contributed by atoms with Gasteiger partial charge in [-0.1, -0.05) is 75.7 Å². The van der Waals surface area contributed by atoms with E-state index in [0.717, 1.165) is 17.6 Å². The fourth-order valence-corrected chi connectivity index (χ4v) is 10.8. The molecule has 15 nitrogen and oxygen atoms in total. The minimum absolute atomic E-state index is 0.0275. The summed E-state index contributed by atoms with van der Waals surface area (Å²) in [7, 11) is 3.28. The lowest BCUT2D eigenvalue weighted by molar-refractivity contribution is -0.305. The number of fused-ring (bicyclic) bond motifs is 2. The molecule has 7 aliphatic rings. The van der Waals surface area contributed by atoms with E-state index < -0.39 is 84.7 Å². The maximum absolute atomic E-state index is 14.4. The zero-order chi connectivity index (χ0) is 46.8. The van der Waals surface area contributed by atoms with Crippen molar-refractivity contribution in [3.05, 3.63) is 70.9 Å². The Kier molecular flexibility index (Phi) is 16.2. The third kappa shape index (κ3) is 10.5. The van der Waals surface area contributed by atoms with Gasteiger partial charge in [-0.25, -0.2) is 0 Å². The van der Waals surface area contributed by atoms with E-state index in [0.29, 0.717) is 36.8 Å². The topological polar surface area (TPSA) is 182 Å². The molecule has 19 unspecified atom stereocenters. The summed E-state index contributed by atoms with van der Waals surface area (Å²) in [4.78, 5) is 14.4. The van der Waals surface area contributed by atoms with Gasteiger partial charge in [0.2, 0.25) is 0 Å². The average Bonchev–Trinajstić information content (AvgIpc) is 3.62. The Labute approximate surface area is 384 Å². The van der Waals surface area contributed by atoms with Crippen LogP contribution in [0.2, 0.25) is 0 Å². The van der Waals surface area contributed by atoms with Crippen LogP contribution in [0.15, 0.2) is 76.1 Å². The fraction of sp³-hybridized carbons (Fsp3) is 0.720. The van der Waals surface area contributed by atoms with Crippen LogP contribution >= 0.6 is 0 Å². The van der Waals surface area contributed by atoms with Crippen LogP contribution in [0.3, 0.4) is 0 Å². The molecule has 0 aromatic heterocycles. The summed E-state index contributed by atoms with van der Waals surface area (Å²) in [5.74, 6) is -2.59. The molecule has 1 spiro atoms. The number of hydrogen-bond donors (Lipinski definition) is 3. The predicted octanol–water partition coefficient (Wildman–Crippen LogP) is 6.40. The first-order valence-electron chi connectivity index (χ1n) is 23.6. The standard InChI is InChI=1S/C50H73NO14/c1-11-27(2)45-30(5)17-19-49(65-45)25-36-22-35(64-49)16-15-29(4)44(28(3)13-12-14-34-26-58-47-43(52)31(6)21-38(48(53)61-36)50(34,47)54)62-42-24-40(57-10)46(33(8)60-42)63-41-23-39(56-9)37(18-20-51-55)32(7)59-41/h12-15,17-21,27-28,30,32-33,35-36,38-47,52,54-55H,11,16,22-26H2,1-10H3/b13-12+,29-15+,34-14+,37-18+,51-20+. The summed E-state index contributed by atoms with van der Waals surface area (Å²) in [5, 5.41) is 35.8. The van der Waals surface area contributed by atoms with Gasteiger partial charge < -0.3 is 62.8 Å². The van der Waals surface area contributed by atoms with Crippen LogP contribution in [-0.4, -0.2) is 140 Å². The number of allylic oxidation sites excluding steroid dienone is 3.